The Morgan fingerprint density at radius 3 is 2.50 bits per heavy atom. The number of aromatic amines is 1. The Bertz CT molecular complexity index is 880. The second kappa shape index (κ2) is 7.22. The van der Waals surface area contributed by atoms with Crippen LogP contribution in [0.3, 0.4) is 0 Å². The van der Waals surface area contributed by atoms with E-state index in [0.717, 1.165) is 42.6 Å². The van der Waals surface area contributed by atoms with E-state index in [2.05, 4.69) is 20.5 Å². The molecule has 1 aromatic heterocycles. The molecule has 2 aromatic rings. The van der Waals surface area contributed by atoms with Crippen molar-refractivity contribution < 1.29 is 4.79 Å². The highest BCUT2D eigenvalue weighted by Crippen LogP contribution is 2.55. The third-order valence-corrected chi connectivity index (χ3v) is 7.82. The number of rotatable bonds is 5. The smallest absolute Gasteiger partial charge is 0.230 e. The molecule has 6 rings (SSSR count). The van der Waals surface area contributed by atoms with Crippen molar-refractivity contribution in [1.29, 1.82) is 0 Å². The van der Waals surface area contributed by atoms with Crippen molar-refractivity contribution in [3.8, 4) is 11.4 Å². The summed E-state index contributed by atoms with van der Waals surface area (Å²) in [6, 6.07) is 5.24. The lowest BCUT2D eigenvalue weighted by Gasteiger charge is -2.56. The summed E-state index contributed by atoms with van der Waals surface area (Å²) in [7, 11) is 0. The quantitative estimate of drug-likeness (QED) is 0.649. The standard InChI is InChI=1S/C20H22Cl2N4OS/c21-14-1-2-15(16(22)6-14)18-23-19(26-25-18)28-10-17(27)24-20-7-11-3-12(8-20)5-13(4-11)9-20/h1-2,6,11-13H,3-5,7-10H2,(H,24,27)(H,23,25,26). The van der Waals surface area contributed by atoms with E-state index in [1.807, 2.05) is 0 Å². The lowest BCUT2D eigenvalue weighted by molar-refractivity contribution is -0.124. The van der Waals surface area contributed by atoms with Crippen molar-refractivity contribution in [3.63, 3.8) is 0 Å². The zero-order chi connectivity index (χ0) is 19.3. The summed E-state index contributed by atoms with van der Waals surface area (Å²) in [5.74, 6) is 3.44. The molecule has 0 aliphatic heterocycles. The molecule has 28 heavy (non-hydrogen) atoms. The molecule has 5 nitrogen and oxygen atoms in total. The number of thioether (sulfide) groups is 1. The Balaban J connectivity index is 1.20. The van der Waals surface area contributed by atoms with Crippen LogP contribution in [-0.4, -0.2) is 32.4 Å². The number of amides is 1. The summed E-state index contributed by atoms with van der Waals surface area (Å²) in [5.41, 5.74) is 0.788. The molecule has 0 unspecified atom stereocenters. The predicted octanol–water partition coefficient (Wildman–Crippen LogP) is 4.96. The number of carbonyl (C=O) groups is 1. The normalized spacial score (nSPS) is 30.6. The number of hydrogen-bond acceptors (Lipinski definition) is 4. The van der Waals surface area contributed by atoms with Gasteiger partial charge >= 0.3 is 0 Å². The SMILES string of the molecule is O=C(CSc1n[nH]c(-c2ccc(Cl)cc2Cl)n1)NC12CC3CC(CC(C3)C1)C2. The van der Waals surface area contributed by atoms with E-state index in [9.17, 15) is 4.79 Å². The lowest BCUT2D eigenvalue weighted by Crippen LogP contribution is -2.60. The van der Waals surface area contributed by atoms with E-state index < -0.39 is 0 Å². The Morgan fingerprint density at radius 1 is 1.18 bits per heavy atom. The van der Waals surface area contributed by atoms with Crippen molar-refractivity contribution in [2.24, 2.45) is 17.8 Å². The van der Waals surface area contributed by atoms with E-state index >= 15 is 0 Å². The first-order valence-corrected chi connectivity index (χ1v) is 11.5. The number of carbonyl (C=O) groups excluding carboxylic acids is 1. The minimum absolute atomic E-state index is 0.0490. The second-order valence-electron chi connectivity index (χ2n) is 8.63. The maximum Gasteiger partial charge on any atom is 0.230 e. The molecule has 8 heteroatoms. The number of benzene rings is 1. The average molecular weight is 437 g/mol. The van der Waals surface area contributed by atoms with E-state index in [-0.39, 0.29) is 11.4 Å². The van der Waals surface area contributed by atoms with Gasteiger partial charge in [0, 0.05) is 16.1 Å². The Labute approximate surface area is 178 Å². The Kier molecular flexibility index (Phi) is 4.84. The van der Waals surface area contributed by atoms with E-state index in [1.165, 1.54) is 31.0 Å². The molecule has 1 amide bonds. The van der Waals surface area contributed by atoms with Crippen molar-refractivity contribution in [2.45, 2.75) is 49.2 Å². The van der Waals surface area contributed by atoms with Crippen LogP contribution < -0.4 is 5.32 Å². The van der Waals surface area contributed by atoms with Crippen LogP contribution in [0.4, 0.5) is 0 Å². The van der Waals surface area contributed by atoms with Crippen LogP contribution in [0, 0.1) is 17.8 Å². The van der Waals surface area contributed by atoms with E-state index in [1.54, 1.807) is 18.2 Å². The first-order chi connectivity index (χ1) is 13.5. The maximum absolute atomic E-state index is 12.6. The molecule has 4 saturated carbocycles. The Hall–Kier alpha value is -1.24. The molecule has 2 N–H and O–H groups in total. The van der Waals surface area contributed by atoms with Crippen LogP contribution in [0.25, 0.3) is 11.4 Å². The van der Waals surface area contributed by atoms with Crippen LogP contribution in [-0.2, 0) is 4.79 Å². The number of H-pyrrole nitrogens is 1. The monoisotopic (exact) mass is 436 g/mol. The molecule has 4 bridgehead atoms. The summed E-state index contributed by atoms with van der Waals surface area (Å²) in [6.45, 7) is 0. The molecular weight excluding hydrogens is 415 g/mol. The van der Waals surface area contributed by atoms with Gasteiger partial charge < -0.3 is 5.32 Å². The van der Waals surface area contributed by atoms with Gasteiger partial charge in [0.15, 0.2) is 5.82 Å². The topological polar surface area (TPSA) is 70.7 Å². The zero-order valence-electron chi connectivity index (χ0n) is 15.4. The summed E-state index contributed by atoms with van der Waals surface area (Å²) in [6.07, 6.45) is 7.60. The van der Waals surface area contributed by atoms with Gasteiger partial charge in [0.25, 0.3) is 0 Å². The minimum Gasteiger partial charge on any atom is -0.350 e. The van der Waals surface area contributed by atoms with E-state index in [0.29, 0.717) is 26.8 Å². The largest absolute Gasteiger partial charge is 0.350 e. The predicted molar refractivity (Wildman–Crippen MR) is 112 cm³/mol. The fourth-order valence-electron chi connectivity index (χ4n) is 5.84. The zero-order valence-corrected chi connectivity index (χ0v) is 17.7. The fraction of sp³-hybridized carbons (Fsp3) is 0.550. The van der Waals surface area contributed by atoms with E-state index in [4.69, 9.17) is 23.2 Å². The molecule has 4 fully saturated rings. The van der Waals surface area contributed by atoms with Crippen LogP contribution >= 0.6 is 35.0 Å². The number of hydrogen-bond donors (Lipinski definition) is 2. The third kappa shape index (κ3) is 3.66. The highest BCUT2D eigenvalue weighted by atomic mass is 35.5. The summed E-state index contributed by atoms with van der Waals surface area (Å²) in [5, 5.41) is 12.1. The third-order valence-electron chi connectivity index (χ3n) is 6.43. The number of nitrogens with zero attached hydrogens (tertiary/aromatic N) is 2. The maximum atomic E-state index is 12.6. The van der Waals surface area contributed by atoms with Crippen molar-refractivity contribution in [2.75, 3.05) is 5.75 Å². The van der Waals surface area contributed by atoms with Crippen molar-refractivity contribution in [3.05, 3.63) is 28.2 Å². The Morgan fingerprint density at radius 2 is 1.86 bits per heavy atom. The van der Waals surface area contributed by atoms with Crippen LogP contribution in [0.2, 0.25) is 10.0 Å². The highest BCUT2D eigenvalue weighted by Gasteiger charge is 2.51. The van der Waals surface area contributed by atoms with Gasteiger partial charge in [0.2, 0.25) is 11.1 Å². The molecule has 0 atom stereocenters. The minimum atomic E-state index is 0.0490. The lowest BCUT2D eigenvalue weighted by atomic mass is 9.53. The highest BCUT2D eigenvalue weighted by molar-refractivity contribution is 7.99. The molecule has 148 valence electrons. The van der Waals surface area contributed by atoms with Gasteiger partial charge in [-0.15, -0.1) is 5.10 Å². The van der Waals surface area contributed by atoms with Gasteiger partial charge in [0.1, 0.15) is 0 Å². The van der Waals surface area contributed by atoms with Gasteiger partial charge in [-0.05, 0) is 74.5 Å². The summed E-state index contributed by atoms with van der Waals surface area (Å²) >= 11 is 13.5. The van der Waals surface area contributed by atoms with Crippen LogP contribution in [0.1, 0.15) is 38.5 Å². The van der Waals surface area contributed by atoms with Gasteiger partial charge in [-0.25, -0.2) is 4.98 Å². The summed E-state index contributed by atoms with van der Waals surface area (Å²) in [4.78, 5) is 17.1. The fourth-order valence-corrected chi connectivity index (χ4v) is 6.94. The van der Waals surface area contributed by atoms with Crippen LogP contribution in [0.15, 0.2) is 23.4 Å². The number of halogens is 2. The van der Waals surface area contributed by atoms with Crippen molar-refractivity contribution in [1.82, 2.24) is 20.5 Å². The van der Waals surface area contributed by atoms with Crippen molar-refractivity contribution >= 4 is 40.9 Å². The van der Waals surface area contributed by atoms with Gasteiger partial charge in [-0.2, -0.15) is 0 Å². The molecule has 4 aliphatic rings. The molecule has 0 radical (unpaired) electrons. The first-order valence-electron chi connectivity index (χ1n) is 9.80. The molecular formula is C20H22Cl2N4OS. The second-order valence-corrected chi connectivity index (χ2v) is 10.4. The van der Waals surface area contributed by atoms with Gasteiger partial charge in [-0.1, -0.05) is 35.0 Å². The van der Waals surface area contributed by atoms with Crippen LogP contribution in [0.5, 0.6) is 0 Å². The summed E-state index contributed by atoms with van der Waals surface area (Å²) < 4.78 is 0. The average Bonchev–Trinajstić information content (AvgIpc) is 3.07. The molecule has 0 spiro atoms. The molecule has 1 aromatic carbocycles. The van der Waals surface area contributed by atoms with Gasteiger partial charge in [-0.3, -0.25) is 9.89 Å². The molecule has 0 saturated heterocycles. The van der Waals surface area contributed by atoms with Gasteiger partial charge in [0.05, 0.1) is 10.8 Å². The molecule has 1 heterocycles. The number of nitrogens with one attached hydrogen (secondary N) is 2. The first kappa shape index (κ1) is 18.8. The number of aromatic nitrogens is 3. The molecule has 4 aliphatic carbocycles.